The molecule has 3 rings (SSSR count). The minimum atomic E-state index is -1.38. The van der Waals surface area contributed by atoms with E-state index in [0.29, 0.717) is 11.4 Å². The molecule has 0 unspecified atom stereocenters. The van der Waals surface area contributed by atoms with E-state index in [4.69, 9.17) is 0 Å². The van der Waals surface area contributed by atoms with Gasteiger partial charge in [-0.2, -0.15) is 0 Å². The van der Waals surface area contributed by atoms with Gasteiger partial charge in [0, 0.05) is 22.2 Å². The number of rotatable bonds is 5. The number of hydrogen-bond acceptors (Lipinski definition) is 4. The van der Waals surface area contributed by atoms with Crippen LogP contribution in [-0.2, 0) is 16.8 Å². The van der Waals surface area contributed by atoms with E-state index >= 15 is 0 Å². The number of benzene rings is 1. The van der Waals surface area contributed by atoms with Gasteiger partial charge < -0.3 is 15.1 Å². The number of carbonyl (C=O) groups is 1. The van der Waals surface area contributed by atoms with Gasteiger partial charge in [-0.1, -0.05) is 27.4 Å². The van der Waals surface area contributed by atoms with Gasteiger partial charge in [0.2, 0.25) is 0 Å². The van der Waals surface area contributed by atoms with Crippen LogP contribution in [0, 0.1) is 11.6 Å². The molecular formula is C23H22F2N4O4. The monoisotopic (exact) mass is 456 g/mol. The first kappa shape index (κ1) is 23.6. The lowest BCUT2D eigenvalue weighted by Crippen LogP contribution is -2.53. The van der Waals surface area contributed by atoms with Crippen LogP contribution in [0.25, 0.3) is 12.2 Å². The molecule has 0 amide bonds. The van der Waals surface area contributed by atoms with Crippen LogP contribution in [0.4, 0.5) is 8.78 Å². The van der Waals surface area contributed by atoms with E-state index in [2.05, 4.69) is 21.5 Å². The van der Waals surface area contributed by atoms with Crippen LogP contribution in [0.5, 0.6) is 0 Å². The highest BCUT2D eigenvalue weighted by Crippen LogP contribution is 2.22. The number of carboxylic acid groups (broad SMARTS) is 1. The number of halogens is 2. The summed E-state index contributed by atoms with van der Waals surface area (Å²) in [4.78, 5) is 47.1. The van der Waals surface area contributed by atoms with Gasteiger partial charge >= 0.3 is 5.97 Å². The van der Waals surface area contributed by atoms with Gasteiger partial charge in [-0.05, 0) is 30.4 Å². The molecule has 172 valence electrons. The van der Waals surface area contributed by atoms with E-state index in [1.165, 1.54) is 12.4 Å². The molecule has 0 fully saturated rings. The molecule has 2 heterocycles. The third-order valence-corrected chi connectivity index (χ3v) is 4.85. The molecule has 0 saturated heterocycles. The standard InChI is InChI=1S/C23H22F2N4O4/c1-12(22(32)33)10-29-18(8-13-7-14(24)5-6-15(13)25)20(30)28-17(21(29)31)9-16-19(23(2,3)4)27-11-26-16/h5-9,11H,1,10H2,2-4H3,(H,26,27)(H,28,30)(H,32,33)/b17-9-,18-8-. The van der Waals surface area contributed by atoms with Gasteiger partial charge in [-0.3, -0.25) is 14.2 Å². The Bertz CT molecular complexity index is 1490. The van der Waals surface area contributed by atoms with E-state index < -0.39 is 35.3 Å². The molecule has 0 radical (unpaired) electrons. The third-order valence-electron chi connectivity index (χ3n) is 4.85. The summed E-state index contributed by atoms with van der Waals surface area (Å²) in [5.74, 6) is -2.95. The summed E-state index contributed by atoms with van der Waals surface area (Å²) < 4.78 is 28.6. The molecule has 0 atom stereocenters. The SMILES string of the molecule is C=C(Cn1c(=O)/c(=C/c2nc[nH]c2C(C)(C)C)[nH]c(=O)/c1=C/c1cc(F)ccc1F)C(=O)O. The second kappa shape index (κ2) is 8.81. The number of hydrogen-bond donors (Lipinski definition) is 3. The molecule has 0 saturated carbocycles. The van der Waals surface area contributed by atoms with Gasteiger partial charge in [0.25, 0.3) is 11.1 Å². The van der Waals surface area contributed by atoms with Crippen molar-refractivity contribution in [1.82, 2.24) is 19.5 Å². The zero-order valence-corrected chi connectivity index (χ0v) is 18.2. The summed E-state index contributed by atoms with van der Waals surface area (Å²) in [6.45, 7) is 8.65. The molecule has 8 nitrogen and oxygen atoms in total. The molecule has 0 bridgehead atoms. The lowest BCUT2D eigenvalue weighted by Gasteiger charge is -2.17. The highest BCUT2D eigenvalue weighted by Gasteiger charge is 2.19. The molecule has 2 aromatic heterocycles. The Labute approximate surface area is 186 Å². The number of nitrogens with one attached hydrogen (secondary N) is 2. The minimum Gasteiger partial charge on any atom is -0.478 e. The fraction of sp³-hybridized carbons (Fsp3) is 0.217. The van der Waals surface area contributed by atoms with Crippen molar-refractivity contribution >= 4 is 18.1 Å². The quantitative estimate of drug-likeness (QED) is 0.497. The van der Waals surface area contributed by atoms with Crippen molar-refractivity contribution in [2.75, 3.05) is 0 Å². The highest BCUT2D eigenvalue weighted by atomic mass is 19.1. The van der Waals surface area contributed by atoms with E-state index in [9.17, 15) is 28.3 Å². The number of H-pyrrole nitrogens is 2. The number of aromatic nitrogens is 4. The van der Waals surface area contributed by atoms with Crippen molar-refractivity contribution in [3.8, 4) is 0 Å². The van der Waals surface area contributed by atoms with Gasteiger partial charge in [-0.25, -0.2) is 18.6 Å². The van der Waals surface area contributed by atoms with Crippen LogP contribution < -0.4 is 21.8 Å². The van der Waals surface area contributed by atoms with Gasteiger partial charge in [0.1, 0.15) is 22.3 Å². The smallest absolute Gasteiger partial charge is 0.332 e. The number of nitrogens with zero attached hydrogens (tertiary/aromatic N) is 2. The van der Waals surface area contributed by atoms with Crippen LogP contribution in [0.1, 0.15) is 37.7 Å². The van der Waals surface area contributed by atoms with Gasteiger partial charge in [-0.15, -0.1) is 0 Å². The van der Waals surface area contributed by atoms with Crippen LogP contribution >= 0.6 is 0 Å². The number of carboxylic acids is 1. The van der Waals surface area contributed by atoms with E-state index in [1.54, 1.807) is 0 Å². The summed E-state index contributed by atoms with van der Waals surface area (Å²) in [5, 5.41) is 8.71. The third kappa shape index (κ3) is 5.05. The van der Waals surface area contributed by atoms with E-state index in [-0.39, 0.29) is 27.2 Å². The van der Waals surface area contributed by atoms with Crippen molar-refractivity contribution < 1.29 is 18.7 Å². The van der Waals surface area contributed by atoms with Crippen molar-refractivity contribution in [3.05, 3.63) is 96.7 Å². The van der Waals surface area contributed by atoms with Crippen molar-refractivity contribution in [2.45, 2.75) is 32.7 Å². The van der Waals surface area contributed by atoms with Crippen LogP contribution in [0.2, 0.25) is 0 Å². The summed E-state index contributed by atoms with van der Waals surface area (Å²) >= 11 is 0. The van der Waals surface area contributed by atoms with Gasteiger partial charge in [0.15, 0.2) is 0 Å². The average molecular weight is 456 g/mol. The summed E-state index contributed by atoms with van der Waals surface area (Å²) in [7, 11) is 0. The summed E-state index contributed by atoms with van der Waals surface area (Å²) in [6, 6.07) is 2.64. The second-order valence-corrected chi connectivity index (χ2v) is 8.42. The highest BCUT2D eigenvalue weighted by molar-refractivity contribution is 5.85. The first-order chi connectivity index (χ1) is 15.4. The molecule has 10 heteroatoms. The first-order valence-electron chi connectivity index (χ1n) is 9.85. The molecule has 0 aliphatic heterocycles. The van der Waals surface area contributed by atoms with Gasteiger partial charge in [0.05, 0.1) is 18.6 Å². The molecule has 33 heavy (non-hydrogen) atoms. The molecule has 0 aliphatic rings. The predicted octanol–water partition coefficient (Wildman–Crippen LogP) is 1.13. The minimum absolute atomic E-state index is 0.160. The zero-order chi connectivity index (χ0) is 24.5. The van der Waals surface area contributed by atoms with Crippen molar-refractivity contribution in [2.24, 2.45) is 0 Å². The Balaban J connectivity index is 2.36. The summed E-state index contributed by atoms with van der Waals surface area (Å²) in [6.07, 6.45) is 3.80. The van der Waals surface area contributed by atoms with Crippen LogP contribution in [0.3, 0.4) is 0 Å². The Kier molecular flexibility index (Phi) is 6.30. The maximum absolute atomic E-state index is 14.2. The fourth-order valence-corrected chi connectivity index (χ4v) is 3.20. The number of aromatic amines is 2. The first-order valence-corrected chi connectivity index (χ1v) is 9.85. The topological polar surface area (TPSA) is 121 Å². The number of aliphatic carboxylic acids is 1. The molecule has 0 spiro atoms. The predicted molar refractivity (Wildman–Crippen MR) is 118 cm³/mol. The average Bonchev–Trinajstić information content (AvgIpc) is 3.19. The summed E-state index contributed by atoms with van der Waals surface area (Å²) in [5.41, 5.74) is -1.46. The molecule has 3 aromatic rings. The van der Waals surface area contributed by atoms with Crippen molar-refractivity contribution in [1.29, 1.82) is 0 Å². The Morgan fingerprint density at radius 2 is 1.94 bits per heavy atom. The van der Waals surface area contributed by atoms with E-state index in [1.807, 2.05) is 20.8 Å². The van der Waals surface area contributed by atoms with Crippen molar-refractivity contribution in [3.63, 3.8) is 0 Å². The maximum Gasteiger partial charge on any atom is 0.332 e. The Morgan fingerprint density at radius 3 is 2.58 bits per heavy atom. The largest absolute Gasteiger partial charge is 0.478 e. The normalized spacial score (nSPS) is 12.9. The van der Waals surface area contributed by atoms with Crippen LogP contribution in [-0.4, -0.2) is 30.6 Å². The lowest BCUT2D eigenvalue weighted by molar-refractivity contribution is -0.132. The zero-order valence-electron chi connectivity index (χ0n) is 18.2. The molecule has 1 aromatic carbocycles. The molecule has 0 aliphatic carbocycles. The lowest BCUT2D eigenvalue weighted by atomic mass is 9.90. The second-order valence-electron chi connectivity index (χ2n) is 8.42. The molecular weight excluding hydrogens is 434 g/mol. The van der Waals surface area contributed by atoms with Crippen LogP contribution in [0.15, 0.2) is 46.3 Å². The Morgan fingerprint density at radius 1 is 1.24 bits per heavy atom. The Hall–Kier alpha value is -4.08. The fourth-order valence-electron chi connectivity index (χ4n) is 3.20. The van der Waals surface area contributed by atoms with E-state index in [0.717, 1.165) is 28.8 Å². The maximum atomic E-state index is 14.2. The number of imidazole rings is 1. The molecule has 3 N–H and O–H groups in total.